The summed E-state index contributed by atoms with van der Waals surface area (Å²) in [6, 6.07) is 9.61. The molecule has 1 saturated carbocycles. The van der Waals surface area contributed by atoms with E-state index < -0.39 is 0 Å². The van der Waals surface area contributed by atoms with Crippen LogP contribution in [-0.4, -0.2) is 27.5 Å². The molecule has 1 fully saturated rings. The first-order valence-corrected chi connectivity index (χ1v) is 7.61. The highest BCUT2D eigenvalue weighted by Crippen LogP contribution is 2.34. The van der Waals surface area contributed by atoms with Gasteiger partial charge in [0.1, 0.15) is 0 Å². The predicted octanol–water partition coefficient (Wildman–Crippen LogP) is 2.24. The van der Waals surface area contributed by atoms with Gasteiger partial charge in [-0.3, -0.25) is 9.89 Å². The molecule has 22 heavy (non-hydrogen) atoms. The van der Waals surface area contributed by atoms with Gasteiger partial charge >= 0.3 is 0 Å². The number of fused-ring (bicyclic) bond motifs is 1. The fraction of sp³-hybridized carbons (Fsp3) is 0.353. The van der Waals surface area contributed by atoms with Crippen LogP contribution in [0, 0.1) is 17.2 Å². The summed E-state index contributed by atoms with van der Waals surface area (Å²) in [5.41, 5.74) is 4.61. The van der Waals surface area contributed by atoms with E-state index in [0.29, 0.717) is 12.1 Å². The van der Waals surface area contributed by atoms with Crippen molar-refractivity contribution < 1.29 is 4.79 Å². The van der Waals surface area contributed by atoms with Crippen molar-refractivity contribution in [2.24, 2.45) is 5.92 Å². The predicted molar refractivity (Wildman–Crippen MR) is 80.6 cm³/mol. The van der Waals surface area contributed by atoms with Crippen molar-refractivity contribution in [3.05, 3.63) is 41.1 Å². The zero-order chi connectivity index (χ0) is 15.1. The number of rotatable bonds is 2. The molecule has 0 bridgehead atoms. The molecule has 0 radical (unpaired) electrons. The number of carbonyl (C=O) groups is 1. The summed E-state index contributed by atoms with van der Waals surface area (Å²) in [4.78, 5) is 14.2. The summed E-state index contributed by atoms with van der Waals surface area (Å²) in [5.74, 6) is 0.530. The minimum absolute atomic E-state index is 0.249. The van der Waals surface area contributed by atoms with Crippen molar-refractivity contribution in [2.45, 2.75) is 25.8 Å². The van der Waals surface area contributed by atoms with E-state index in [1.54, 1.807) is 6.07 Å². The van der Waals surface area contributed by atoms with E-state index in [4.69, 9.17) is 5.26 Å². The molecule has 2 heterocycles. The lowest BCUT2D eigenvalue weighted by molar-refractivity contribution is -0.133. The van der Waals surface area contributed by atoms with Crippen molar-refractivity contribution in [1.29, 1.82) is 5.26 Å². The number of aromatic amines is 1. The van der Waals surface area contributed by atoms with Crippen molar-refractivity contribution in [3.8, 4) is 17.3 Å². The molecule has 1 aliphatic carbocycles. The van der Waals surface area contributed by atoms with Gasteiger partial charge in [0.25, 0.3) is 0 Å². The van der Waals surface area contributed by atoms with Crippen LogP contribution in [0.4, 0.5) is 0 Å². The Kier molecular flexibility index (Phi) is 2.97. The summed E-state index contributed by atoms with van der Waals surface area (Å²) in [6.45, 7) is 1.38. The molecule has 2 aliphatic rings. The fourth-order valence-electron chi connectivity index (χ4n) is 3.05. The highest BCUT2D eigenvalue weighted by molar-refractivity contribution is 5.81. The molecule has 4 rings (SSSR count). The average Bonchev–Trinajstić information content (AvgIpc) is 3.33. The van der Waals surface area contributed by atoms with Gasteiger partial charge in [0.05, 0.1) is 17.3 Å². The summed E-state index contributed by atoms with van der Waals surface area (Å²) in [5, 5.41) is 16.6. The molecule has 1 aromatic heterocycles. The van der Waals surface area contributed by atoms with Gasteiger partial charge in [-0.05, 0) is 25.0 Å². The van der Waals surface area contributed by atoms with Gasteiger partial charge in [0.15, 0.2) is 0 Å². The van der Waals surface area contributed by atoms with Crippen LogP contribution in [-0.2, 0) is 17.8 Å². The number of nitrogens with zero attached hydrogens (tertiary/aromatic N) is 3. The van der Waals surface area contributed by atoms with E-state index in [1.165, 1.54) is 0 Å². The molecule has 1 amide bonds. The van der Waals surface area contributed by atoms with Crippen molar-refractivity contribution in [3.63, 3.8) is 0 Å². The minimum Gasteiger partial charge on any atom is -0.338 e. The highest BCUT2D eigenvalue weighted by atomic mass is 16.2. The smallest absolute Gasteiger partial charge is 0.225 e. The van der Waals surface area contributed by atoms with E-state index in [9.17, 15) is 4.79 Å². The van der Waals surface area contributed by atoms with Gasteiger partial charge in [-0.1, -0.05) is 12.1 Å². The van der Waals surface area contributed by atoms with E-state index >= 15 is 0 Å². The number of carbonyl (C=O) groups excluding carboxylic acids is 1. The Balaban J connectivity index is 1.67. The number of hydrogen-bond acceptors (Lipinski definition) is 3. The van der Waals surface area contributed by atoms with Crippen LogP contribution in [0.1, 0.15) is 29.7 Å². The lowest BCUT2D eigenvalue weighted by Crippen LogP contribution is -2.36. The largest absolute Gasteiger partial charge is 0.338 e. The maximum atomic E-state index is 12.3. The lowest BCUT2D eigenvalue weighted by Gasteiger charge is -2.27. The van der Waals surface area contributed by atoms with Crippen LogP contribution in [0.5, 0.6) is 0 Å². The number of nitrogens with one attached hydrogen (secondary N) is 1. The fourth-order valence-corrected chi connectivity index (χ4v) is 3.05. The van der Waals surface area contributed by atoms with E-state index in [1.807, 2.05) is 23.1 Å². The second-order valence-electron chi connectivity index (χ2n) is 6.01. The summed E-state index contributed by atoms with van der Waals surface area (Å²) in [7, 11) is 0. The van der Waals surface area contributed by atoms with Crippen LogP contribution in [0.15, 0.2) is 24.3 Å². The lowest BCUT2D eigenvalue weighted by atomic mass is 9.99. The van der Waals surface area contributed by atoms with Crippen LogP contribution in [0.25, 0.3) is 11.3 Å². The molecule has 0 atom stereocenters. The number of amides is 1. The third kappa shape index (κ3) is 2.17. The van der Waals surface area contributed by atoms with Gasteiger partial charge in [-0.2, -0.15) is 10.4 Å². The maximum Gasteiger partial charge on any atom is 0.225 e. The molecule has 110 valence electrons. The van der Waals surface area contributed by atoms with Gasteiger partial charge in [0, 0.05) is 42.2 Å². The maximum absolute atomic E-state index is 12.3. The monoisotopic (exact) mass is 292 g/mol. The Morgan fingerprint density at radius 3 is 3.05 bits per heavy atom. The number of nitriles is 1. The Labute approximate surface area is 128 Å². The molecule has 0 unspecified atom stereocenters. The summed E-state index contributed by atoms with van der Waals surface area (Å²) >= 11 is 0. The Bertz CT molecular complexity index is 782. The van der Waals surface area contributed by atoms with Crippen LogP contribution in [0.3, 0.4) is 0 Å². The standard InChI is InChI=1S/C17H16N4O/c18-9-11-2-1-3-13(8-11)16-14-10-21(17(22)12-4-5-12)7-6-15(14)19-20-16/h1-3,8,12H,4-7,10H2,(H,19,20). The van der Waals surface area contributed by atoms with E-state index in [-0.39, 0.29) is 11.8 Å². The zero-order valence-electron chi connectivity index (χ0n) is 12.2. The SMILES string of the molecule is N#Cc1cccc(-c2n[nH]c3c2CN(C(=O)C2CC2)CC3)c1. The van der Waals surface area contributed by atoms with Crippen LogP contribution in [0.2, 0.25) is 0 Å². The normalized spacial score (nSPS) is 17.0. The van der Waals surface area contributed by atoms with Crippen LogP contribution < -0.4 is 0 Å². The number of hydrogen-bond donors (Lipinski definition) is 1. The van der Waals surface area contributed by atoms with Crippen molar-refractivity contribution in [2.75, 3.05) is 6.54 Å². The van der Waals surface area contributed by atoms with E-state index in [2.05, 4.69) is 16.3 Å². The zero-order valence-corrected chi connectivity index (χ0v) is 12.2. The second-order valence-corrected chi connectivity index (χ2v) is 6.01. The minimum atomic E-state index is 0.249. The summed E-state index contributed by atoms with van der Waals surface area (Å²) in [6.07, 6.45) is 2.88. The van der Waals surface area contributed by atoms with Gasteiger partial charge in [-0.15, -0.1) is 0 Å². The molecule has 5 heteroatoms. The molecule has 1 aromatic carbocycles. The first-order chi connectivity index (χ1) is 10.8. The Morgan fingerprint density at radius 2 is 2.27 bits per heavy atom. The first-order valence-electron chi connectivity index (χ1n) is 7.61. The van der Waals surface area contributed by atoms with Gasteiger partial charge in [0.2, 0.25) is 5.91 Å². The molecule has 5 nitrogen and oxygen atoms in total. The van der Waals surface area contributed by atoms with Crippen molar-refractivity contribution >= 4 is 5.91 Å². The highest BCUT2D eigenvalue weighted by Gasteiger charge is 2.35. The first kappa shape index (κ1) is 13.1. The number of aromatic nitrogens is 2. The molecular formula is C17H16N4O. The third-order valence-electron chi connectivity index (χ3n) is 4.44. The quantitative estimate of drug-likeness (QED) is 0.922. The topological polar surface area (TPSA) is 72.8 Å². The third-order valence-corrected chi connectivity index (χ3v) is 4.44. The van der Waals surface area contributed by atoms with Gasteiger partial charge in [-0.25, -0.2) is 0 Å². The van der Waals surface area contributed by atoms with Crippen molar-refractivity contribution in [1.82, 2.24) is 15.1 Å². The Hall–Kier alpha value is -2.61. The molecule has 0 saturated heterocycles. The molecule has 2 aromatic rings. The van der Waals surface area contributed by atoms with Crippen LogP contribution >= 0.6 is 0 Å². The number of H-pyrrole nitrogens is 1. The second kappa shape index (κ2) is 4.99. The molecular weight excluding hydrogens is 276 g/mol. The molecule has 1 aliphatic heterocycles. The average molecular weight is 292 g/mol. The van der Waals surface area contributed by atoms with E-state index in [0.717, 1.165) is 48.3 Å². The molecule has 0 spiro atoms. The summed E-state index contributed by atoms with van der Waals surface area (Å²) < 4.78 is 0. The van der Waals surface area contributed by atoms with Gasteiger partial charge < -0.3 is 4.90 Å². The Morgan fingerprint density at radius 1 is 1.41 bits per heavy atom. The molecule has 1 N–H and O–H groups in total. The number of benzene rings is 1.